The van der Waals surface area contributed by atoms with Crippen LogP contribution in [-0.4, -0.2) is 50.4 Å². The second kappa shape index (κ2) is 9.58. The summed E-state index contributed by atoms with van der Waals surface area (Å²) >= 11 is 0. The van der Waals surface area contributed by atoms with Crippen LogP contribution in [0, 0.1) is 11.8 Å². The molecule has 0 radical (unpaired) electrons. The Hall–Kier alpha value is -2.13. The van der Waals surface area contributed by atoms with Crippen LogP contribution in [-0.2, 0) is 24.3 Å². The summed E-state index contributed by atoms with van der Waals surface area (Å²) in [6, 6.07) is 4.34. The highest BCUT2D eigenvalue weighted by Gasteiger charge is 2.40. The highest BCUT2D eigenvalue weighted by molar-refractivity contribution is 7.89. The number of esters is 1. The second-order valence-corrected chi connectivity index (χ2v) is 9.33. The van der Waals surface area contributed by atoms with Gasteiger partial charge < -0.3 is 14.8 Å². The van der Waals surface area contributed by atoms with E-state index in [0.717, 1.165) is 6.42 Å². The van der Waals surface area contributed by atoms with Crippen LogP contribution >= 0.6 is 0 Å². The number of carbonyl (C=O) groups is 2. The minimum atomic E-state index is -3.70. The first-order valence-corrected chi connectivity index (χ1v) is 11.3. The van der Waals surface area contributed by atoms with Gasteiger partial charge in [0.1, 0.15) is 5.75 Å². The Balaban J connectivity index is 2.20. The van der Waals surface area contributed by atoms with Crippen molar-refractivity contribution in [2.45, 2.75) is 52.0 Å². The monoisotopic (exact) mass is 426 g/mol. The van der Waals surface area contributed by atoms with E-state index in [4.69, 9.17) is 9.47 Å². The molecule has 29 heavy (non-hydrogen) atoms. The molecule has 1 amide bonds. The summed E-state index contributed by atoms with van der Waals surface area (Å²) in [6.07, 6.45) is 0.600. The predicted octanol–water partition coefficient (Wildman–Crippen LogP) is 2.64. The third kappa shape index (κ3) is 5.93. The summed E-state index contributed by atoms with van der Waals surface area (Å²) in [5.74, 6) is -0.445. The van der Waals surface area contributed by atoms with Gasteiger partial charge in [-0.05, 0) is 44.4 Å². The number of hydrogen-bond acceptors (Lipinski definition) is 6. The zero-order valence-electron chi connectivity index (χ0n) is 17.6. The molecule has 2 atom stereocenters. The third-order valence-corrected chi connectivity index (χ3v) is 6.73. The van der Waals surface area contributed by atoms with Gasteiger partial charge in [0.15, 0.2) is 6.61 Å². The van der Waals surface area contributed by atoms with Crippen LogP contribution < -0.4 is 10.1 Å². The molecule has 0 aromatic heterocycles. The van der Waals surface area contributed by atoms with Gasteiger partial charge in [-0.1, -0.05) is 20.8 Å². The number of anilines is 1. The van der Waals surface area contributed by atoms with Crippen molar-refractivity contribution in [1.82, 2.24) is 4.31 Å². The highest BCUT2D eigenvalue weighted by Crippen LogP contribution is 2.38. The summed E-state index contributed by atoms with van der Waals surface area (Å²) in [5.41, 5.74) is 0.216. The summed E-state index contributed by atoms with van der Waals surface area (Å²) in [7, 11) is -3.70. The smallest absolute Gasteiger partial charge is 0.309 e. The standard InChI is InChI=1S/C20H30N2O6S/c1-6-22(7-2)29(25,26)15-8-9-18(28-13(3)4)17(11-15)21-19(23)12-27-20(24)16-10-14(16)5/h8-9,11,13-14,16H,6-7,10,12H2,1-5H3,(H,21,23)/t14-,16+/m0/s1. The Kier molecular flexibility index (Phi) is 7.65. The number of sulfonamides is 1. The van der Waals surface area contributed by atoms with Gasteiger partial charge in [-0.25, -0.2) is 8.42 Å². The molecule has 0 bridgehead atoms. The molecule has 9 heteroatoms. The van der Waals surface area contributed by atoms with E-state index < -0.39 is 22.5 Å². The molecule has 1 saturated carbocycles. The second-order valence-electron chi connectivity index (χ2n) is 7.39. The Bertz CT molecular complexity index is 849. The third-order valence-electron chi connectivity index (χ3n) is 4.69. The van der Waals surface area contributed by atoms with E-state index in [1.54, 1.807) is 13.8 Å². The fourth-order valence-electron chi connectivity index (χ4n) is 2.92. The number of hydrogen-bond donors (Lipinski definition) is 1. The van der Waals surface area contributed by atoms with Crippen LogP contribution in [0.15, 0.2) is 23.1 Å². The Morgan fingerprint density at radius 2 is 1.86 bits per heavy atom. The first-order chi connectivity index (χ1) is 13.6. The first kappa shape index (κ1) is 23.2. The topological polar surface area (TPSA) is 102 Å². The first-order valence-electron chi connectivity index (χ1n) is 9.87. The minimum Gasteiger partial charge on any atom is -0.489 e. The van der Waals surface area contributed by atoms with Gasteiger partial charge in [-0.3, -0.25) is 9.59 Å². The fourth-order valence-corrected chi connectivity index (χ4v) is 4.40. The van der Waals surface area contributed by atoms with Crippen LogP contribution in [0.2, 0.25) is 0 Å². The number of benzene rings is 1. The van der Waals surface area contributed by atoms with Gasteiger partial charge in [0, 0.05) is 13.1 Å². The lowest BCUT2D eigenvalue weighted by atomic mass is 10.3. The van der Waals surface area contributed by atoms with Gasteiger partial charge in [0.05, 0.1) is 22.6 Å². The van der Waals surface area contributed by atoms with E-state index in [2.05, 4.69) is 5.32 Å². The van der Waals surface area contributed by atoms with Gasteiger partial charge in [0.2, 0.25) is 10.0 Å². The summed E-state index contributed by atoms with van der Waals surface area (Å²) in [4.78, 5) is 24.1. The van der Waals surface area contributed by atoms with Gasteiger partial charge in [-0.2, -0.15) is 4.31 Å². The predicted molar refractivity (Wildman–Crippen MR) is 109 cm³/mol. The number of nitrogens with one attached hydrogen (secondary N) is 1. The highest BCUT2D eigenvalue weighted by atomic mass is 32.2. The van der Waals surface area contributed by atoms with Crippen LogP contribution in [0.1, 0.15) is 41.0 Å². The Morgan fingerprint density at radius 1 is 1.24 bits per heavy atom. The average Bonchev–Trinajstić information content (AvgIpc) is 3.38. The molecule has 1 aliphatic rings. The average molecular weight is 427 g/mol. The number of nitrogens with zero attached hydrogens (tertiary/aromatic N) is 1. The van der Waals surface area contributed by atoms with E-state index >= 15 is 0 Å². The van der Waals surface area contributed by atoms with Gasteiger partial charge in [-0.15, -0.1) is 0 Å². The molecule has 0 unspecified atom stereocenters. The molecular formula is C20H30N2O6S. The molecule has 0 spiro atoms. The van der Waals surface area contributed by atoms with Crippen molar-refractivity contribution >= 4 is 27.6 Å². The van der Waals surface area contributed by atoms with E-state index in [-0.39, 0.29) is 28.6 Å². The molecule has 0 heterocycles. The van der Waals surface area contributed by atoms with Crippen molar-refractivity contribution in [3.05, 3.63) is 18.2 Å². The SMILES string of the molecule is CCN(CC)S(=O)(=O)c1ccc(OC(C)C)c(NC(=O)COC(=O)[C@@H]2C[C@@H]2C)c1. The maximum atomic E-state index is 12.8. The van der Waals surface area contributed by atoms with Crippen molar-refractivity contribution in [2.75, 3.05) is 25.0 Å². The number of ether oxygens (including phenoxy) is 2. The lowest BCUT2D eigenvalue weighted by Gasteiger charge is -2.20. The van der Waals surface area contributed by atoms with Crippen LogP contribution in [0.25, 0.3) is 0 Å². The number of rotatable bonds is 10. The van der Waals surface area contributed by atoms with Crippen LogP contribution in [0.5, 0.6) is 5.75 Å². The Labute approximate surface area is 172 Å². The van der Waals surface area contributed by atoms with Crippen LogP contribution in [0.4, 0.5) is 5.69 Å². The minimum absolute atomic E-state index is 0.0522. The summed E-state index contributed by atoms with van der Waals surface area (Å²) in [6.45, 7) is 9.35. The molecule has 1 fully saturated rings. The van der Waals surface area contributed by atoms with E-state index in [1.165, 1.54) is 22.5 Å². The van der Waals surface area contributed by atoms with E-state index in [0.29, 0.717) is 24.8 Å². The van der Waals surface area contributed by atoms with Gasteiger partial charge >= 0.3 is 5.97 Å². The van der Waals surface area contributed by atoms with Crippen molar-refractivity contribution in [2.24, 2.45) is 11.8 Å². The van der Waals surface area contributed by atoms with Gasteiger partial charge in [0.25, 0.3) is 5.91 Å². The van der Waals surface area contributed by atoms with Crippen LogP contribution in [0.3, 0.4) is 0 Å². The lowest BCUT2D eigenvalue weighted by Crippen LogP contribution is -2.30. The maximum Gasteiger partial charge on any atom is 0.309 e. The zero-order chi connectivity index (χ0) is 21.8. The molecule has 8 nitrogen and oxygen atoms in total. The molecule has 2 rings (SSSR count). The molecule has 0 saturated heterocycles. The molecule has 1 N–H and O–H groups in total. The molecule has 1 aliphatic carbocycles. The summed E-state index contributed by atoms with van der Waals surface area (Å²) < 4.78 is 37.6. The largest absolute Gasteiger partial charge is 0.489 e. The fraction of sp³-hybridized carbons (Fsp3) is 0.600. The summed E-state index contributed by atoms with van der Waals surface area (Å²) in [5, 5.41) is 2.61. The maximum absolute atomic E-state index is 12.8. The van der Waals surface area contributed by atoms with Crippen molar-refractivity contribution < 1.29 is 27.5 Å². The van der Waals surface area contributed by atoms with Crippen molar-refractivity contribution in [3.63, 3.8) is 0 Å². The molecular weight excluding hydrogens is 396 g/mol. The van der Waals surface area contributed by atoms with E-state index in [9.17, 15) is 18.0 Å². The van der Waals surface area contributed by atoms with E-state index in [1.807, 2.05) is 20.8 Å². The lowest BCUT2D eigenvalue weighted by molar-refractivity contribution is -0.148. The quantitative estimate of drug-likeness (QED) is 0.577. The normalized spacial score (nSPS) is 18.6. The number of carbonyl (C=O) groups excluding carboxylic acids is 2. The molecule has 1 aromatic carbocycles. The molecule has 0 aliphatic heterocycles. The molecule has 1 aromatic rings. The number of amides is 1. The Morgan fingerprint density at radius 3 is 2.38 bits per heavy atom. The van der Waals surface area contributed by atoms with Crippen molar-refractivity contribution in [1.29, 1.82) is 0 Å². The molecule has 162 valence electrons. The van der Waals surface area contributed by atoms with Crippen molar-refractivity contribution in [3.8, 4) is 5.75 Å². The zero-order valence-corrected chi connectivity index (χ0v) is 18.4.